The van der Waals surface area contributed by atoms with Crippen LogP contribution in [0.4, 0.5) is 0 Å². The van der Waals surface area contributed by atoms with Gasteiger partial charge in [0.25, 0.3) is 0 Å². The van der Waals surface area contributed by atoms with E-state index in [2.05, 4.69) is 18.8 Å². The van der Waals surface area contributed by atoms with Crippen molar-refractivity contribution in [1.82, 2.24) is 9.55 Å². The normalized spacial score (nSPS) is 11.2. The summed E-state index contributed by atoms with van der Waals surface area (Å²) in [6.07, 6.45) is 2.47. The SMILES string of the molecule is CC(C)Cn1c(Cl)cc2c(C=O)ccnc21. The lowest BCUT2D eigenvalue weighted by molar-refractivity contribution is 0.112. The van der Waals surface area contributed by atoms with Crippen LogP contribution in [0.25, 0.3) is 11.0 Å². The van der Waals surface area contributed by atoms with Gasteiger partial charge < -0.3 is 4.57 Å². The van der Waals surface area contributed by atoms with Crippen molar-refractivity contribution in [3.05, 3.63) is 29.0 Å². The Morgan fingerprint density at radius 2 is 2.31 bits per heavy atom. The van der Waals surface area contributed by atoms with Gasteiger partial charge in [0.1, 0.15) is 10.8 Å². The van der Waals surface area contributed by atoms with Gasteiger partial charge in [-0.2, -0.15) is 0 Å². The summed E-state index contributed by atoms with van der Waals surface area (Å²) in [7, 11) is 0. The van der Waals surface area contributed by atoms with E-state index in [1.165, 1.54) is 0 Å². The second-order valence-corrected chi connectivity index (χ2v) is 4.61. The van der Waals surface area contributed by atoms with Crippen molar-refractivity contribution in [1.29, 1.82) is 0 Å². The Morgan fingerprint density at radius 3 is 2.94 bits per heavy atom. The fourth-order valence-corrected chi connectivity index (χ4v) is 2.04. The van der Waals surface area contributed by atoms with Crippen LogP contribution in [0.2, 0.25) is 5.15 Å². The lowest BCUT2D eigenvalue weighted by Gasteiger charge is -2.08. The number of carbonyl (C=O) groups excluding carboxylic acids is 1. The monoisotopic (exact) mass is 236 g/mol. The van der Waals surface area contributed by atoms with Gasteiger partial charge in [-0.1, -0.05) is 25.4 Å². The van der Waals surface area contributed by atoms with E-state index in [1.54, 1.807) is 18.3 Å². The smallest absolute Gasteiger partial charge is 0.150 e. The number of hydrogen-bond donors (Lipinski definition) is 0. The minimum Gasteiger partial charge on any atom is -0.316 e. The number of rotatable bonds is 3. The van der Waals surface area contributed by atoms with Gasteiger partial charge in [0.05, 0.1) is 0 Å². The summed E-state index contributed by atoms with van der Waals surface area (Å²) in [5.41, 5.74) is 1.41. The van der Waals surface area contributed by atoms with E-state index in [9.17, 15) is 4.79 Å². The summed E-state index contributed by atoms with van der Waals surface area (Å²) < 4.78 is 1.94. The molecule has 0 aromatic carbocycles. The molecule has 0 fully saturated rings. The van der Waals surface area contributed by atoms with E-state index in [-0.39, 0.29) is 0 Å². The first-order valence-corrected chi connectivity index (χ1v) is 5.60. The highest BCUT2D eigenvalue weighted by molar-refractivity contribution is 6.31. The summed E-state index contributed by atoms with van der Waals surface area (Å²) in [6.45, 7) is 5.04. The summed E-state index contributed by atoms with van der Waals surface area (Å²) in [5.74, 6) is 0.481. The van der Waals surface area contributed by atoms with Crippen LogP contribution in [0.15, 0.2) is 18.3 Å². The van der Waals surface area contributed by atoms with Gasteiger partial charge in [0, 0.05) is 23.7 Å². The lowest BCUT2D eigenvalue weighted by atomic mass is 10.2. The average molecular weight is 237 g/mol. The molecule has 0 N–H and O–H groups in total. The molecular formula is C12H13ClN2O. The van der Waals surface area contributed by atoms with Gasteiger partial charge in [0.15, 0.2) is 6.29 Å². The summed E-state index contributed by atoms with van der Waals surface area (Å²) >= 11 is 6.15. The van der Waals surface area contributed by atoms with E-state index in [1.807, 2.05) is 4.57 Å². The maximum Gasteiger partial charge on any atom is 0.150 e. The van der Waals surface area contributed by atoms with Gasteiger partial charge in [-0.05, 0) is 18.1 Å². The van der Waals surface area contributed by atoms with Gasteiger partial charge in [-0.3, -0.25) is 4.79 Å². The molecule has 4 heteroatoms. The molecule has 0 amide bonds. The molecule has 0 spiro atoms. The van der Waals surface area contributed by atoms with E-state index >= 15 is 0 Å². The first-order valence-electron chi connectivity index (χ1n) is 5.22. The molecule has 0 bridgehead atoms. The number of halogens is 1. The third-order valence-electron chi connectivity index (χ3n) is 2.45. The Morgan fingerprint density at radius 1 is 1.56 bits per heavy atom. The van der Waals surface area contributed by atoms with Crippen molar-refractivity contribution >= 4 is 28.9 Å². The van der Waals surface area contributed by atoms with Crippen LogP contribution in [0.3, 0.4) is 0 Å². The molecule has 0 aliphatic carbocycles. The fourth-order valence-electron chi connectivity index (χ4n) is 1.78. The topological polar surface area (TPSA) is 34.9 Å². The largest absolute Gasteiger partial charge is 0.316 e. The van der Waals surface area contributed by atoms with Crippen molar-refractivity contribution in [3.63, 3.8) is 0 Å². The number of pyridine rings is 1. The zero-order valence-corrected chi connectivity index (χ0v) is 10.0. The van der Waals surface area contributed by atoms with Crippen molar-refractivity contribution in [2.24, 2.45) is 5.92 Å². The summed E-state index contributed by atoms with van der Waals surface area (Å²) in [6, 6.07) is 3.50. The van der Waals surface area contributed by atoms with Crippen LogP contribution in [0.1, 0.15) is 24.2 Å². The second-order valence-electron chi connectivity index (χ2n) is 4.23. The molecule has 2 rings (SSSR count). The molecule has 0 saturated heterocycles. The van der Waals surface area contributed by atoms with E-state index in [0.717, 1.165) is 23.9 Å². The average Bonchev–Trinajstić information content (AvgIpc) is 2.55. The molecule has 0 atom stereocenters. The lowest BCUT2D eigenvalue weighted by Crippen LogP contribution is -2.05. The van der Waals surface area contributed by atoms with Gasteiger partial charge in [-0.25, -0.2) is 4.98 Å². The number of carbonyl (C=O) groups is 1. The molecule has 16 heavy (non-hydrogen) atoms. The number of aromatic nitrogens is 2. The Hall–Kier alpha value is -1.35. The predicted octanol–water partition coefficient (Wildman–Crippen LogP) is 3.16. The molecule has 0 saturated carbocycles. The molecule has 3 nitrogen and oxygen atoms in total. The first-order chi connectivity index (χ1) is 7.63. The number of fused-ring (bicyclic) bond motifs is 1. The molecule has 2 aromatic rings. The first kappa shape index (κ1) is 11.1. The standard InChI is InChI=1S/C12H13ClN2O/c1-8(2)6-15-11(13)5-10-9(7-16)3-4-14-12(10)15/h3-5,7-8H,6H2,1-2H3. The maximum absolute atomic E-state index is 10.9. The zero-order chi connectivity index (χ0) is 11.7. The highest BCUT2D eigenvalue weighted by Crippen LogP contribution is 2.25. The molecule has 0 unspecified atom stereocenters. The van der Waals surface area contributed by atoms with Crippen molar-refractivity contribution < 1.29 is 4.79 Å². The molecule has 2 aromatic heterocycles. The third-order valence-corrected chi connectivity index (χ3v) is 2.77. The Kier molecular flexibility index (Phi) is 2.97. The third kappa shape index (κ3) is 1.83. The fraction of sp³-hybridized carbons (Fsp3) is 0.333. The molecule has 0 aliphatic rings. The van der Waals surface area contributed by atoms with Crippen LogP contribution >= 0.6 is 11.6 Å². The second kappa shape index (κ2) is 4.26. The van der Waals surface area contributed by atoms with Crippen molar-refractivity contribution in [3.8, 4) is 0 Å². The van der Waals surface area contributed by atoms with Gasteiger partial charge in [0.2, 0.25) is 0 Å². The summed E-state index contributed by atoms with van der Waals surface area (Å²) in [5, 5.41) is 1.45. The molecular weight excluding hydrogens is 224 g/mol. The van der Waals surface area contributed by atoms with Crippen LogP contribution in [0.5, 0.6) is 0 Å². The molecule has 0 aliphatic heterocycles. The predicted molar refractivity (Wildman–Crippen MR) is 65.0 cm³/mol. The molecule has 0 radical (unpaired) electrons. The number of nitrogens with zero attached hydrogens (tertiary/aromatic N) is 2. The number of hydrogen-bond acceptors (Lipinski definition) is 2. The van der Waals surface area contributed by atoms with E-state index in [4.69, 9.17) is 11.6 Å². The highest BCUT2D eigenvalue weighted by Gasteiger charge is 2.11. The van der Waals surface area contributed by atoms with Crippen LogP contribution < -0.4 is 0 Å². The minimum absolute atomic E-state index is 0.481. The molecule has 84 valence electrons. The van der Waals surface area contributed by atoms with Crippen LogP contribution in [-0.2, 0) is 6.54 Å². The quantitative estimate of drug-likeness (QED) is 0.768. The van der Waals surface area contributed by atoms with Crippen molar-refractivity contribution in [2.45, 2.75) is 20.4 Å². The highest BCUT2D eigenvalue weighted by atomic mass is 35.5. The van der Waals surface area contributed by atoms with Gasteiger partial charge in [-0.15, -0.1) is 0 Å². The Labute approximate surface area is 99.0 Å². The van der Waals surface area contributed by atoms with Gasteiger partial charge >= 0.3 is 0 Å². The Bertz CT molecular complexity index is 531. The minimum atomic E-state index is 0.481. The van der Waals surface area contributed by atoms with E-state index < -0.39 is 0 Å². The van der Waals surface area contributed by atoms with Crippen LogP contribution in [-0.4, -0.2) is 15.8 Å². The summed E-state index contributed by atoms with van der Waals surface area (Å²) in [4.78, 5) is 15.2. The van der Waals surface area contributed by atoms with Crippen LogP contribution in [0, 0.1) is 5.92 Å². The van der Waals surface area contributed by atoms with E-state index in [0.29, 0.717) is 16.6 Å². The Balaban J connectivity index is 2.66. The van der Waals surface area contributed by atoms with Crippen molar-refractivity contribution in [2.75, 3.05) is 0 Å². The zero-order valence-electron chi connectivity index (χ0n) is 9.27. The maximum atomic E-state index is 10.9. The molecule has 2 heterocycles. The number of aldehydes is 1.